The standard InChI is InChI=1S/C13H25BrN2/c1-4-13(5-2)16-8-6-12(7-9-16)15-10-11(3)14/h12-13,15H,3-10H2,1-2H3. The summed E-state index contributed by atoms with van der Waals surface area (Å²) in [4.78, 5) is 2.65. The zero-order valence-electron chi connectivity index (χ0n) is 10.6. The fourth-order valence-electron chi connectivity index (χ4n) is 2.53. The molecule has 0 aliphatic carbocycles. The van der Waals surface area contributed by atoms with Crippen molar-refractivity contribution in [3.8, 4) is 0 Å². The summed E-state index contributed by atoms with van der Waals surface area (Å²) in [6.07, 6.45) is 5.12. The van der Waals surface area contributed by atoms with Crippen molar-refractivity contribution in [2.75, 3.05) is 19.6 Å². The van der Waals surface area contributed by atoms with Crippen LogP contribution in [0, 0.1) is 0 Å². The summed E-state index contributed by atoms with van der Waals surface area (Å²) in [5.41, 5.74) is 0. The molecule has 1 fully saturated rings. The second-order valence-electron chi connectivity index (χ2n) is 4.68. The van der Waals surface area contributed by atoms with Gasteiger partial charge in [-0.2, -0.15) is 0 Å². The molecule has 1 saturated heterocycles. The molecule has 0 spiro atoms. The highest BCUT2D eigenvalue weighted by Crippen LogP contribution is 2.17. The van der Waals surface area contributed by atoms with Gasteiger partial charge in [-0.25, -0.2) is 0 Å². The van der Waals surface area contributed by atoms with Gasteiger partial charge >= 0.3 is 0 Å². The molecule has 16 heavy (non-hydrogen) atoms. The van der Waals surface area contributed by atoms with Crippen LogP contribution in [0.1, 0.15) is 39.5 Å². The van der Waals surface area contributed by atoms with Gasteiger partial charge in [0.25, 0.3) is 0 Å². The van der Waals surface area contributed by atoms with E-state index in [1.165, 1.54) is 38.8 Å². The van der Waals surface area contributed by atoms with E-state index in [1.807, 2.05) is 0 Å². The normalized spacial score (nSPS) is 19.2. The summed E-state index contributed by atoms with van der Waals surface area (Å²) < 4.78 is 1.05. The fourth-order valence-corrected chi connectivity index (χ4v) is 2.69. The van der Waals surface area contributed by atoms with E-state index in [-0.39, 0.29) is 0 Å². The van der Waals surface area contributed by atoms with Crippen LogP contribution >= 0.6 is 15.9 Å². The predicted molar refractivity (Wildman–Crippen MR) is 75.0 cm³/mol. The maximum atomic E-state index is 3.85. The number of hydrogen-bond donors (Lipinski definition) is 1. The fraction of sp³-hybridized carbons (Fsp3) is 0.846. The lowest BCUT2D eigenvalue weighted by Crippen LogP contribution is -2.46. The molecule has 0 unspecified atom stereocenters. The molecular weight excluding hydrogens is 264 g/mol. The molecule has 2 nitrogen and oxygen atoms in total. The van der Waals surface area contributed by atoms with Crippen LogP contribution in [-0.2, 0) is 0 Å². The first-order chi connectivity index (χ1) is 7.67. The van der Waals surface area contributed by atoms with Crippen LogP contribution in [0.25, 0.3) is 0 Å². The lowest BCUT2D eigenvalue weighted by Gasteiger charge is -2.37. The first kappa shape index (κ1) is 14.2. The molecule has 1 heterocycles. The van der Waals surface area contributed by atoms with Crippen molar-refractivity contribution in [1.29, 1.82) is 0 Å². The molecule has 1 aliphatic heterocycles. The van der Waals surface area contributed by atoms with Crippen molar-refractivity contribution in [3.05, 3.63) is 11.1 Å². The molecule has 0 atom stereocenters. The van der Waals surface area contributed by atoms with Crippen molar-refractivity contribution in [1.82, 2.24) is 10.2 Å². The highest BCUT2D eigenvalue weighted by Gasteiger charge is 2.22. The van der Waals surface area contributed by atoms with Crippen LogP contribution in [0.5, 0.6) is 0 Å². The van der Waals surface area contributed by atoms with Gasteiger partial charge in [-0.05, 0) is 38.8 Å². The number of halogens is 1. The molecule has 94 valence electrons. The van der Waals surface area contributed by atoms with Crippen molar-refractivity contribution in [2.24, 2.45) is 0 Å². The zero-order chi connectivity index (χ0) is 12.0. The van der Waals surface area contributed by atoms with Gasteiger partial charge in [-0.3, -0.25) is 0 Å². The largest absolute Gasteiger partial charge is 0.309 e. The van der Waals surface area contributed by atoms with E-state index in [0.717, 1.165) is 17.1 Å². The molecule has 0 aromatic carbocycles. The monoisotopic (exact) mass is 288 g/mol. The van der Waals surface area contributed by atoms with E-state index in [0.29, 0.717) is 6.04 Å². The summed E-state index contributed by atoms with van der Waals surface area (Å²) in [5.74, 6) is 0. The Kier molecular flexibility index (Phi) is 6.62. The Labute approximate surface area is 109 Å². The second kappa shape index (κ2) is 7.46. The van der Waals surface area contributed by atoms with Crippen LogP contribution in [0.4, 0.5) is 0 Å². The molecule has 0 saturated carbocycles. The first-order valence-electron chi connectivity index (χ1n) is 6.48. The van der Waals surface area contributed by atoms with Crippen molar-refractivity contribution in [2.45, 2.75) is 51.6 Å². The Morgan fingerprint density at radius 2 is 1.94 bits per heavy atom. The third kappa shape index (κ3) is 4.56. The van der Waals surface area contributed by atoms with Crippen LogP contribution in [0.3, 0.4) is 0 Å². The van der Waals surface area contributed by atoms with Gasteiger partial charge in [-0.15, -0.1) is 0 Å². The molecule has 1 N–H and O–H groups in total. The topological polar surface area (TPSA) is 15.3 Å². The highest BCUT2D eigenvalue weighted by atomic mass is 79.9. The van der Waals surface area contributed by atoms with E-state index in [9.17, 15) is 0 Å². The third-order valence-corrected chi connectivity index (χ3v) is 3.85. The Morgan fingerprint density at radius 1 is 1.38 bits per heavy atom. The molecule has 1 rings (SSSR count). The maximum absolute atomic E-state index is 3.85. The Balaban J connectivity index is 2.25. The van der Waals surface area contributed by atoms with Crippen molar-refractivity contribution >= 4 is 15.9 Å². The Bertz CT molecular complexity index is 206. The Hall–Kier alpha value is 0.140. The number of piperidine rings is 1. The average molecular weight is 289 g/mol. The Morgan fingerprint density at radius 3 is 2.38 bits per heavy atom. The summed E-state index contributed by atoms with van der Waals surface area (Å²) in [6.45, 7) is 11.8. The van der Waals surface area contributed by atoms with Crippen molar-refractivity contribution in [3.63, 3.8) is 0 Å². The molecule has 0 radical (unpaired) electrons. The van der Waals surface area contributed by atoms with Crippen LogP contribution in [0.2, 0.25) is 0 Å². The minimum Gasteiger partial charge on any atom is -0.309 e. The predicted octanol–water partition coefficient (Wildman–Crippen LogP) is 3.14. The molecule has 3 heteroatoms. The van der Waals surface area contributed by atoms with E-state index >= 15 is 0 Å². The van der Waals surface area contributed by atoms with E-state index in [2.05, 4.69) is 46.6 Å². The minimum atomic E-state index is 0.680. The van der Waals surface area contributed by atoms with E-state index in [1.54, 1.807) is 0 Å². The van der Waals surface area contributed by atoms with E-state index in [4.69, 9.17) is 0 Å². The summed E-state index contributed by atoms with van der Waals surface area (Å²) in [5, 5.41) is 3.54. The molecule has 0 amide bonds. The summed E-state index contributed by atoms with van der Waals surface area (Å²) in [6, 6.07) is 1.48. The summed E-state index contributed by atoms with van der Waals surface area (Å²) in [7, 11) is 0. The quantitative estimate of drug-likeness (QED) is 0.808. The van der Waals surface area contributed by atoms with Gasteiger partial charge in [-0.1, -0.05) is 36.4 Å². The molecular formula is C13H25BrN2. The molecule has 0 aromatic rings. The number of nitrogens with zero attached hydrogens (tertiary/aromatic N) is 1. The molecule has 0 aromatic heterocycles. The van der Waals surface area contributed by atoms with Crippen LogP contribution in [-0.4, -0.2) is 36.6 Å². The zero-order valence-corrected chi connectivity index (χ0v) is 12.2. The van der Waals surface area contributed by atoms with Gasteiger partial charge in [0, 0.05) is 23.1 Å². The lowest BCUT2D eigenvalue weighted by molar-refractivity contribution is 0.137. The number of nitrogens with one attached hydrogen (secondary N) is 1. The first-order valence-corrected chi connectivity index (χ1v) is 7.27. The summed E-state index contributed by atoms with van der Waals surface area (Å²) >= 11 is 3.39. The minimum absolute atomic E-state index is 0.680. The third-order valence-electron chi connectivity index (χ3n) is 3.57. The SMILES string of the molecule is C=C(Br)CNC1CCN(C(CC)CC)CC1. The van der Waals surface area contributed by atoms with Gasteiger partial charge < -0.3 is 10.2 Å². The van der Waals surface area contributed by atoms with Gasteiger partial charge in [0.2, 0.25) is 0 Å². The van der Waals surface area contributed by atoms with Crippen molar-refractivity contribution < 1.29 is 0 Å². The molecule has 1 aliphatic rings. The van der Waals surface area contributed by atoms with Gasteiger partial charge in [0.1, 0.15) is 0 Å². The smallest absolute Gasteiger partial charge is 0.0268 e. The van der Waals surface area contributed by atoms with E-state index < -0.39 is 0 Å². The van der Waals surface area contributed by atoms with Gasteiger partial charge in [0.15, 0.2) is 0 Å². The number of likely N-dealkylation sites (tertiary alicyclic amines) is 1. The number of hydrogen-bond acceptors (Lipinski definition) is 2. The van der Waals surface area contributed by atoms with Crippen LogP contribution < -0.4 is 5.32 Å². The number of rotatable bonds is 6. The average Bonchev–Trinajstić information content (AvgIpc) is 2.29. The lowest BCUT2D eigenvalue weighted by atomic mass is 10.0. The second-order valence-corrected chi connectivity index (χ2v) is 5.80. The maximum Gasteiger partial charge on any atom is 0.0268 e. The molecule has 0 bridgehead atoms. The van der Waals surface area contributed by atoms with Crippen LogP contribution in [0.15, 0.2) is 11.1 Å². The highest BCUT2D eigenvalue weighted by molar-refractivity contribution is 9.11. The van der Waals surface area contributed by atoms with Gasteiger partial charge in [0.05, 0.1) is 0 Å².